The van der Waals surface area contributed by atoms with Crippen molar-refractivity contribution in [2.45, 2.75) is 60.3 Å². The van der Waals surface area contributed by atoms with Crippen LogP contribution < -0.4 is 0 Å². The minimum Gasteiger partial charge on any atom is -0.508 e. The predicted molar refractivity (Wildman–Crippen MR) is 175 cm³/mol. The molecule has 5 aromatic rings. The predicted octanol–water partition coefficient (Wildman–Crippen LogP) is 8.12. The highest BCUT2D eigenvalue weighted by atomic mass is 16.3. The summed E-state index contributed by atoms with van der Waals surface area (Å²) in [6, 6.07) is 22.8. The molecule has 0 saturated heterocycles. The quantitative estimate of drug-likeness (QED) is 0.126. The summed E-state index contributed by atoms with van der Waals surface area (Å²) in [7, 11) is 0. The van der Waals surface area contributed by atoms with Crippen molar-refractivity contribution in [1.82, 2.24) is 0 Å². The SMILES string of the molecule is Cc1cc(Cc2cc(C)c(O)c(Cc3ccc(O)cc3)c2)c(O)c(Cc2cc(C)c(O)c(Cc3cc(C)c(O)c(C)c3)c2)c1. The first-order valence-corrected chi connectivity index (χ1v) is 14.9. The van der Waals surface area contributed by atoms with E-state index in [-0.39, 0.29) is 23.0 Å². The molecule has 0 spiro atoms. The first-order chi connectivity index (χ1) is 20.9. The molecule has 5 aromatic carbocycles. The van der Waals surface area contributed by atoms with Gasteiger partial charge in [-0.3, -0.25) is 0 Å². The number of rotatable bonds is 8. The molecule has 0 unspecified atom stereocenters. The van der Waals surface area contributed by atoms with Crippen molar-refractivity contribution in [3.63, 3.8) is 0 Å². The van der Waals surface area contributed by atoms with Crippen molar-refractivity contribution in [2.24, 2.45) is 0 Å². The zero-order valence-electron chi connectivity index (χ0n) is 26.0. The van der Waals surface area contributed by atoms with Crippen LogP contribution in [-0.4, -0.2) is 25.5 Å². The second kappa shape index (κ2) is 12.4. The van der Waals surface area contributed by atoms with Gasteiger partial charge >= 0.3 is 0 Å². The van der Waals surface area contributed by atoms with Crippen LogP contribution >= 0.6 is 0 Å². The van der Waals surface area contributed by atoms with Gasteiger partial charge in [0.1, 0.15) is 28.7 Å². The molecule has 0 bridgehead atoms. The Morgan fingerprint density at radius 3 is 1.14 bits per heavy atom. The molecule has 0 fully saturated rings. The highest BCUT2D eigenvalue weighted by Crippen LogP contribution is 2.34. The Morgan fingerprint density at radius 2 is 0.705 bits per heavy atom. The summed E-state index contributed by atoms with van der Waals surface area (Å²) in [5.41, 5.74) is 11.4. The number of hydrogen-bond acceptors (Lipinski definition) is 5. The lowest BCUT2D eigenvalue weighted by Crippen LogP contribution is -2.00. The van der Waals surface area contributed by atoms with E-state index in [0.29, 0.717) is 31.4 Å². The topological polar surface area (TPSA) is 101 Å². The minimum atomic E-state index is 0.204. The molecule has 5 rings (SSSR count). The van der Waals surface area contributed by atoms with E-state index in [4.69, 9.17) is 0 Å². The third kappa shape index (κ3) is 6.68. The van der Waals surface area contributed by atoms with Crippen LogP contribution in [0.4, 0.5) is 0 Å². The highest BCUT2D eigenvalue weighted by molar-refractivity contribution is 5.53. The van der Waals surface area contributed by atoms with Crippen molar-refractivity contribution in [3.8, 4) is 28.7 Å². The van der Waals surface area contributed by atoms with Gasteiger partial charge in [0.15, 0.2) is 0 Å². The van der Waals surface area contributed by atoms with E-state index >= 15 is 0 Å². The lowest BCUT2D eigenvalue weighted by molar-refractivity contribution is 0.462. The minimum absolute atomic E-state index is 0.204. The normalized spacial score (nSPS) is 11.2. The molecular formula is C39H40O5. The number of hydrogen-bond donors (Lipinski definition) is 5. The fourth-order valence-electron chi connectivity index (χ4n) is 6.19. The Kier molecular flexibility index (Phi) is 8.59. The fraction of sp³-hybridized carbons (Fsp3) is 0.231. The molecule has 0 aromatic heterocycles. The molecular weight excluding hydrogens is 548 g/mol. The Hall–Kier alpha value is -4.90. The maximum absolute atomic E-state index is 11.5. The summed E-state index contributed by atoms with van der Waals surface area (Å²) in [6.45, 7) is 9.54. The first-order valence-electron chi connectivity index (χ1n) is 14.9. The maximum atomic E-state index is 11.5. The molecule has 44 heavy (non-hydrogen) atoms. The van der Waals surface area contributed by atoms with Gasteiger partial charge in [0.05, 0.1) is 0 Å². The standard InChI is InChI=1S/C39H40O5/c1-22-10-31(18-29-14-25(4)37(42)33(20-29)16-27-6-8-35(40)9-7-27)39(44)32(11-22)19-30-15-26(5)38(43)34(21-30)17-28-12-23(2)36(41)24(3)13-28/h6-15,20-21,40-44H,16-19H2,1-5H3. The van der Waals surface area contributed by atoms with Gasteiger partial charge in [0, 0.05) is 25.7 Å². The van der Waals surface area contributed by atoms with E-state index in [1.807, 2.05) is 95.3 Å². The second-order valence-corrected chi connectivity index (χ2v) is 12.2. The van der Waals surface area contributed by atoms with Crippen LogP contribution in [0.25, 0.3) is 0 Å². The number of phenolic OH excluding ortho intramolecular Hbond substituents is 5. The summed E-state index contributed by atoms with van der Waals surface area (Å²) >= 11 is 0. The van der Waals surface area contributed by atoms with Crippen LogP contribution in [0.3, 0.4) is 0 Å². The van der Waals surface area contributed by atoms with Gasteiger partial charge in [-0.2, -0.15) is 0 Å². The van der Waals surface area contributed by atoms with Gasteiger partial charge < -0.3 is 25.5 Å². The molecule has 0 heterocycles. The number of phenols is 5. The van der Waals surface area contributed by atoms with Gasteiger partial charge in [-0.1, -0.05) is 66.2 Å². The smallest absolute Gasteiger partial charge is 0.122 e. The molecule has 5 nitrogen and oxygen atoms in total. The molecule has 0 amide bonds. The Balaban J connectivity index is 1.43. The molecule has 5 N–H and O–H groups in total. The van der Waals surface area contributed by atoms with Crippen LogP contribution in [-0.2, 0) is 25.7 Å². The van der Waals surface area contributed by atoms with E-state index < -0.39 is 0 Å². The number of benzene rings is 5. The Labute approximate surface area is 259 Å². The molecule has 0 saturated carbocycles. The van der Waals surface area contributed by atoms with Gasteiger partial charge in [0.25, 0.3) is 0 Å². The van der Waals surface area contributed by atoms with E-state index in [9.17, 15) is 25.5 Å². The highest BCUT2D eigenvalue weighted by Gasteiger charge is 2.16. The average Bonchev–Trinajstić information content (AvgIpc) is 2.96. The van der Waals surface area contributed by atoms with Crippen LogP contribution in [0.1, 0.15) is 72.3 Å². The van der Waals surface area contributed by atoms with Gasteiger partial charge in [-0.05, 0) is 114 Å². The molecule has 0 radical (unpaired) electrons. The summed E-state index contributed by atoms with van der Waals surface area (Å²) in [4.78, 5) is 0. The molecule has 5 heteroatoms. The van der Waals surface area contributed by atoms with Crippen molar-refractivity contribution in [1.29, 1.82) is 0 Å². The molecule has 0 aliphatic heterocycles. The third-order valence-corrected chi connectivity index (χ3v) is 8.36. The summed E-state index contributed by atoms with van der Waals surface area (Å²) < 4.78 is 0. The van der Waals surface area contributed by atoms with Crippen molar-refractivity contribution in [3.05, 3.63) is 145 Å². The van der Waals surface area contributed by atoms with Gasteiger partial charge in [-0.15, -0.1) is 0 Å². The monoisotopic (exact) mass is 588 g/mol. The molecule has 0 atom stereocenters. The van der Waals surface area contributed by atoms with Gasteiger partial charge in [0.2, 0.25) is 0 Å². The van der Waals surface area contributed by atoms with E-state index in [1.54, 1.807) is 12.1 Å². The summed E-state index contributed by atoms with van der Waals surface area (Å²) in [5, 5.41) is 52.9. The number of aryl methyl sites for hydroxylation is 5. The lowest BCUT2D eigenvalue weighted by atomic mass is 9.91. The first kappa shape index (κ1) is 30.6. The average molecular weight is 589 g/mol. The molecule has 226 valence electrons. The largest absolute Gasteiger partial charge is 0.508 e. The Morgan fingerprint density at radius 1 is 0.364 bits per heavy atom. The van der Waals surface area contributed by atoms with Gasteiger partial charge in [-0.25, -0.2) is 0 Å². The van der Waals surface area contributed by atoms with Crippen molar-refractivity contribution in [2.75, 3.05) is 0 Å². The summed E-state index contributed by atoms with van der Waals surface area (Å²) in [5.74, 6) is 1.27. The van der Waals surface area contributed by atoms with Crippen LogP contribution in [0, 0.1) is 34.6 Å². The van der Waals surface area contributed by atoms with E-state index in [2.05, 4.69) is 0 Å². The fourth-order valence-corrected chi connectivity index (χ4v) is 6.19. The van der Waals surface area contributed by atoms with E-state index in [0.717, 1.165) is 72.3 Å². The van der Waals surface area contributed by atoms with Crippen molar-refractivity contribution >= 4 is 0 Å². The Bertz CT molecular complexity index is 1830. The third-order valence-electron chi connectivity index (χ3n) is 8.36. The zero-order chi connectivity index (χ0) is 31.7. The molecule has 0 aliphatic rings. The maximum Gasteiger partial charge on any atom is 0.122 e. The zero-order valence-corrected chi connectivity index (χ0v) is 26.0. The van der Waals surface area contributed by atoms with Crippen molar-refractivity contribution < 1.29 is 25.5 Å². The number of aromatic hydroxyl groups is 5. The van der Waals surface area contributed by atoms with Crippen LogP contribution in [0.2, 0.25) is 0 Å². The van der Waals surface area contributed by atoms with E-state index in [1.165, 1.54) is 0 Å². The second-order valence-electron chi connectivity index (χ2n) is 12.2. The van der Waals surface area contributed by atoms with Crippen LogP contribution in [0.5, 0.6) is 28.7 Å². The lowest BCUT2D eigenvalue weighted by Gasteiger charge is -2.16. The van der Waals surface area contributed by atoms with Crippen LogP contribution in [0.15, 0.2) is 72.8 Å². The summed E-state index contributed by atoms with van der Waals surface area (Å²) in [6.07, 6.45) is 2.06. The molecule has 0 aliphatic carbocycles.